The minimum absolute atomic E-state index is 0.0797. The van der Waals surface area contributed by atoms with Crippen molar-refractivity contribution < 1.29 is 27.2 Å². The highest BCUT2D eigenvalue weighted by Gasteiger charge is 2.48. The van der Waals surface area contributed by atoms with E-state index in [4.69, 9.17) is 9.26 Å². The normalized spacial score (nSPS) is 25.3. The van der Waals surface area contributed by atoms with Gasteiger partial charge in [0.25, 0.3) is 5.82 Å². The molecule has 140 valence electrons. The minimum atomic E-state index is -4.62. The molecule has 1 aromatic heterocycles. The Morgan fingerprint density at radius 2 is 2.12 bits per heavy atom. The first kappa shape index (κ1) is 18.1. The van der Waals surface area contributed by atoms with Gasteiger partial charge in [0, 0.05) is 26.7 Å². The number of carbonyl (C=O) groups is 1. The first-order valence-corrected chi connectivity index (χ1v) is 8.24. The highest BCUT2D eigenvalue weighted by molar-refractivity contribution is 5.84. The molecule has 1 aromatic rings. The van der Waals surface area contributed by atoms with Crippen LogP contribution in [0, 0.1) is 5.41 Å². The molecule has 7 nitrogen and oxygen atoms in total. The molecule has 2 aliphatic heterocycles. The summed E-state index contributed by atoms with van der Waals surface area (Å²) in [5.74, 6) is -1.24. The van der Waals surface area contributed by atoms with Gasteiger partial charge in [-0.15, -0.1) is 0 Å². The summed E-state index contributed by atoms with van der Waals surface area (Å²) < 4.78 is 47.4. The second kappa shape index (κ2) is 6.91. The van der Waals surface area contributed by atoms with Crippen molar-refractivity contribution in [2.45, 2.75) is 32.0 Å². The van der Waals surface area contributed by atoms with E-state index in [0.29, 0.717) is 32.7 Å². The van der Waals surface area contributed by atoms with Crippen LogP contribution in [0.1, 0.15) is 31.0 Å². The van der Waals surface area contributed by atoms with Crippen LogP contribution in [-0.2, 0) is 22.3 Å². The number of aromatic nitrogens is 2. The van der Waals surface area contributed by atoms with Crippen molar-refractivity contribution in [3.8, 4) is 0 Å². The molecule has 2 saturated heterocycles. The molecule has 1 spiro atoms. The average molecular weight is 362 g/mol. The molecule has 0 bridgehead atoms. The molecule has 0 N–H and O–H groups in total. The van der Waals surface area contributed by atoms with E-state index in [2.05, 4.69) is 10.1 Å². The van der Waals surface area contributed by atoms with Crippen molar-refractivity contribution >= 4 is 5.91 Å². The molecule has 3 heterocycles. The zero-order valence-electron chi connectivity index (χ0n) is 14.0. The molecular formula is C15H21F3N4O3. The lowest BCUT2D eigenvalue weighted by Gasteiger charge is -2.39. The number of piperidine rings is 1. The SMILES string of the molecule is COCCN1CCC[C@@]2(CCN(Cc3nc(C(F)(F)F)no3)C2)C1=O. The Morgan fingerprint density at radius 1 is 1.32 bits per heavy atom. The van der Waals surface area contributed by atoms with Crippen LogP contribution in [0.2, 0.25) is 0 Å². The van der Waals surface area contributed by atoms with Crippen LogP contribution in [-0.4, -0.2) is 65.7 Å². The van der Waals surface area contributed by atoms with E-state index in [1.165, 1.54) is 0 Å². The number of nitrogens with zero attached hydrogens (tertiary/aromatic N) is 4. The number of ether oxygens (including phenoxy) is 1. The van der Waals surface area contributed by atoms with E-state index in [1.54, 1.807) is 7.11 Å². The summed E-state index contributed by atoms with van der Waals surface area (Å²) in [4.78, 5) is 20.0. The van der Waals surface area contributed by atoms with Crippen LogP contribution in [0.4, 0.5) is 13.2 Å². The fraction of sp³-hybridized carbons (Fsp3) is 0.800. The van der Waals surface area contributed by atoms with Crippen LogP contribution in [0.5, 0.6) is 0 Å². The summed E-state index contributed by atoms with van der Waals surface area (Å²) in [5.41, 5.74) is -0.459. The van der Waals surface area contributed by atoms with Gasteiger partial charge in [0.15, 0.2) is 0 Å². The Hall–Kier alpha value is -1.68. The number of hydrogen-bond donors (Lipinski definition) is 0. The Bertz CT molecular complexity index is 621. The molecule has 3 rings (SSSR count). The average Bonchev–Trinajstić information content (AvgIpc) is 3.17. The predicted molar refractivity (Wildman–Crippen MR) is 79.3 cm³/mol. The van der Waals surface area contributed by atoms with Gasteiger partial charge in [0.2, 0.25) is 11.8 Å². The number of alkyl halides is 3. The van der Waals surface area contributed by atoms with Crippen molar-refractivity contribution in [2.24, 2.45) is 5.41 Å². The summed E-state index contributed by atoms with van der Waals surface area (Å²) in [6.07, 6.45) is -2.21. The first-order valence-electron chi connectivity index (χ1n) is 8.24. The molecule has 1 atom stereocenters. The predicted octanol–water partition coefficient (Wildman–Crippen LogP) is 1.55. The molecule has 10 heteroatoms. The zero-order valence-corrected chi connectivity index (χ0v) is 14.0. The number of rotatable bonds is 5. The number of hydrogen-bond acceptors (Lipinski definition) is 6. The van der Waals surface area contributed by atoms with Crippen molar-refractivity contribution in [3.63, 3.8) is 0 Å². The van der Waals surface area contributed by atoms with Crippen molar-refractivity contribution in [1.29, 1.82) is 0 Å². The number of amides is 1. The van der Waals surface area contributed by atoms with Gasteiger partial charge in [-0.1, -0.05) is 5.16 Å². The highest BCUT2D eigenvalue weighted by atomic mass is 19.4. The lowest BCUT2D eigenvalue weighted by Crippen LogP contribution is -2.50. The fourth-order valence-corrected chi connectivity index (χ4v) is 3.66. The second-order valence-corrected chi connectivity index (χ2v) is 6.64. The lowest BCUT2D eigenvalue weighted by atomic mass is 9.78. The van der Waals surface area contributed by atoms with Gasteiger partial charge in [-0.2, -0.15) is 18.2 Å². The second-order valence-electron chi connectivity index (χ2n) is 6.64. The van der Waals surface area contributed by atoms with Crippen molar-refractivity contribution in [1.82, 2.24) is 19.9 Å². The molecule has 0 radical (unpaired) electrons. The molecular weight excluding hydrogens is 341 g/mol. The maximum atomic E-state index is 12.8. The van der Waals surface area contributed by atoms with Crippen molar-refractivity contribution in [3.05, 3.63) is 11.7 Å². The summed E-state index contributed by atoms with van der Waals surface area (Å²) in [7, 11) is 1.60. The first-order chi connectivity index (χ1) is 11.8. The zero-order chi connectivity index (χ0) is 18.1. The molecule has 0 unspecified atom stereocenters. The van der Waals surface area contributed by atoms with Gasteiger partial charge in [0.1, 0.15) is 0 Å². The minimum Gasteiger partial charge on any atom is -0.383 e. The van der Waals surface area contributed by atoms with Gasteiger partial charge in [-0.3, -0.25) is 9.69 Å². The van der Waals surface area contributed by atoms with E-state index in [9.17, 15) is 18.0 Å². The van der Waals surface area contributed by atoms with Crippen LogP contribution >= 0.6 is 0 Å². The number of carbonyl (C=O) groups excluding carboxylic acids is 1. The highest BCUT2D eigenvalue weighted by Crippen LogP contribution is 2.40. The molecule has 1 amide bonds. The summed E-state index contributed by atoms with van der Waals surface area (Å²) in [6, 6.07) is 0. The van der Waals surface area contributed by atoms with Gasteiger partial charge >= 0.3 is 6.18 Å². The quantitative estimate of drug-likeness (QED) is 0.791. The van der Waals surface area contributed by atoms with E-state index in [1.807, 2.05) is 9.80 Å². The van der Waals surface area contributed by atoms with Gasteiger partial charge in [-0.25, -0.2) is 0 Å². The monoisotopic (exact) mass is 362 g/mol. The van der Waals surface area contributed by atoms with Crippen molar-refractivity contribution in [2.75, 3.05) is 39.9 Å². The Kier molecular flexibility index (Phi) is 5.01. The lowest BCUT2D eigenvalue weighted by molar-refractivity contribution is -0.146. The smallest absolute Gasteiger partial charge is 0.383 e. The maximum absolute atomic E-state index is 12.8. The maximum Gasteiger partial charge on any atom is 0.455 e. The van der Waals surface area contributed by atoms with Gasteiger partial charge in [0.05, 0.1) is 18.6 Å². The largest absolute Gasteiger partial charge is 0.455 e. The third kappa shape index (κ3) is 3.79. The van der Waals surface area contributed by atoms with Crippen LogP contribution < -0.4 is 0 Å². The Morgan fingerprint density at radius 3 is 2.80 bits per heavy atom. The molecule has 2 aliphatic rings. The van der Waals surface area contributed by atoms with Crippen LogP contribution in [0.15, 0.2) is 4.52 Å². The summed E-state index contributed by atoms with van der Waals surface area (Å²) >= 11 is 0. The van der Waals surface area contributed by atoms with Crippen LogP contribution in [0.3, 0.4) is 0 Å². The third-order valence-electron chi connectivity index (χ3n) is 4.90. The van der Waals surface area contributed by atoms with Crippen LogP contribution in [0.25, 0.3) is 0 Å². The summed E-state index contributed by atoms with van der Waals surface area (Å²) in [5, 5.41) is 2.97. The summed E-state index contributed by atoms with van der Waals surface area (Å²) in [6.45, 7) is 3.02. The molecule has 0 aromatic carbocycles. The fourth-order valence-electron chi connectivity index (χ4n) is 3.66. The number of likely N-dealkylation sites (tertiary alicyclic amines) is 2. The van der Waals surface area contributed by atoms with E-state index in [0.717, 1.165) is 19.4 Å². The van der Waals surface area contributed by atoms with E-state index < -0.39 is 17.4 Å². The number of halogens is 3. The van der Waals surface area contributed by atoms with Gasteiger partial charge < -0.3 is 14.2 Å². The molecule has 0 saturated carbocycles. The number of methoxy groups -OCH3 is 1. The third-order valence-corrected chi connectivity index (χ3v) is 4.90. The van der Waals surface area contributed by atoms with E-state index >= 15 is 0 Å². The molecule has 25 heavy (non-hydrogen) atoms. The van der Waals surface area contributed by atoms with E-state index in [-0.39, 0.29) is 18.3 Å². The standard InChI is InChI=1S/C15H21F3N4O3/c1-24-8-7-22-5-2-3-14(13(22)23)4-6-21(10-14)9-11-19-12(20-25-11)15(16,17)18/h2-10H2,1H3/t14-/m0/s1. The molecule has 0 aliphatic carbocycles. The van der Waals surface area contributed by atoms with Gasteiger partial charge in [-0.05, 0) is 25.8 Å². The Balaban J connectivity index is 1.62. The Labute approximate surface area is 143 Å². The molecule has 2 fully saturated rings. The topological polar surface area (TPSA) is 71.7 Å².